The average molecular weight is 403 g/mol. The van der Waals surface area contributed by atoms with Crippen LogP contribution in [0.4, 0.5) is 0 Å². The van der Waals surface area contributed by atoms with Crippen molar-refractivity contribution in [3.8, 4) is 28.0 Å². The second-order valence-corrected chi connectivity index (χ2v) is 8.57. The molecule has 1 radical (unpaired) electrons. The van der Waals surface area contributed by atoms with Crippen molar-refractivity contribution in [1.29, 1.82) is 0 Å². The monoisotopic (exact) mass is 403 g/mol. The molecule has 0 spiro atoms. The van der Waals surface area contributed by atoms with Crippen LogP contribution in [0.25, 0.3) is 44.2 Å². The van der Waals surface area contributed by atoms with Gasteiger partial charge in [-0.1, -0.05) is 74.5 Å². The highest BCUT2D eigenvalue weighted by molar-refractivity contribution is 6.18. The molecule has 1 aliphatic carbocycles. The lowest BCUT2D eigenvalue weighted by Gasteiger charge is -2.21. The van der Waals surface area contributed by atoms with Crippen LogP contribution in [0.2, 0.25) is 0 Å². The Balaban J connectivity index is 1.59. The Kier molecular flexibility index (Phi) is 3.83. The molecule has 6 rings (SSSR count). The van der Waals surface area contributed by atoms with Crippen molar-refractivity contribution < 1.29 is 14.1 Å². The van der Waals surface area contributed by atoms with Gasteiger partial charge in [-0.05, 0) is 51.6 Å². The molecule has 5 aromatic rings. The molecule has 1 heterocycles. The van der Waals surface area contributed by atoms with Crippen LogP contribution in [0, 0.1) is 0 Å². The molecule has 1 N–H and O–H groups in total. The van der Waals surface area contributed by atoms with Gasteiger partial charge in [0.1, 0.15) is 11.3 Å². The van der Waals surface area contributed by atoms with Crippen LogP contribution in [0.1, 0.15) is 25.0 Å². The van der Waals surface area contributed by atoms with Gasteiger partial charge in [0.2, 0.25) is 0 Å². The van der Waals surface area contributed by atoms with E-state index in [0.717, 1.165) is 21.9 Å². The van der Waals surface area contributed by atoms with Gasteiger partial charge in [-0.15, -0.1) is 0 Å². The third-order valence-electron chi connectivity index (χ3n) is 6.56. The maximum absolute atomic E-state index is 9.07. The number of hydrogen-bond donors (Lipinski definition) is 1. The molecule has 0 atom stereocenters. The summed E-state index contributed by atoms with van der Waals surface area (Å²) in [6.07, 6.45) is 0. The van der Waals surface area contributed by atoms with E-state index in [4.69, 9.17) is 14.1 Å². The van der Waals surface area contributed by atoms with Gasteiger partial charge in [-0.2, -0.15) is 0 Å². The Morgan fingerprint density at radius 3 is 2.45 bits per heavy atom. The van der Waals surface area contributed by atoms with Crippen molar-refractivity contribution in [3.63, 3.8) is 0 Å². The fourth-order valence-corrected chi connectivity index (χ4v) is 5.08. The summed E-state index contributed by atoms with van der Waals surface area (Å²) >= 11 is 0. The SMILES string of the molecule is CC1(C)c2ccccc2-c2c(-c3ccc4c(c3)oc3c(O[B]O)cccc34)cccc21. The van der Waals surface area contributed by atoms with Crippen molar-refractivity contribution in [3.05, 3.63) is 90.0 Å². The van der Waals surface area contributed by atoms with Gasteiger partial charge in [0.15, 0.2) is 5.58 Å². The van der Waals surface area contributed by atoms with Crippen molar-refractivity contribution >= 4 is 29.6 Å². The second-order valence-electron chi connectivity index (χ2n) is 8.57. The minimum Gasteiger partial charge on any atom is -0.535 e. The fourth-order valence-electron chi connectivity index (χ4n) is 5.08. The highest BCUT2D eigenvalue weighted by Gasteiger charge is 2.36. The first-order chi connectivity index (χ1) is 15.1. The molecule has 149 valence electrons. The first-order valence-electron chi connectivity index (χ1n) is 10.4. The van der Waals surface area contributed by atoms with E-state index in [0.29, 0.717) is 19.0 Å². The van der Waals surface area contributed by atoms with E-state index in [2.05, 4.69) is 74.5 Å². The predicted octanol–water partition coefficient (Wildman–Crippen LogP) is 6.46. The summed E-state index contributed by atoms with van der Waals surface area (Å²) in [5.41, 5.74) is 9.04. The summed E-state index contributed by atoms with van der Waals surface area (Å²) in [7, 11) is 0.680. The molecule has 4 heteroatoms. The van der Waals surface area contributed by atoms with Crippen LogP contribution in [0.5, 0.6) is 5.75 Å². The molecule has 0 fully saturated rings. The standard InChI is InChI=1S/C27H20BO3/c1-27(2)21-10-4-3-7-20(21)25-17(8-5-11-22(25)27)16-13-14-18-19-9-6-12-23(31-28-29)26(19)30-24(18)15-16/h3-15,29H,1-2H3. The average Bonchev–Trinajstić information content (AvgIpc) is 3.28. The van der Waals surface area contributed by atoms with Gasteiger partial charge in [0.05, 0.1) is 0 Å². The number of fused-ring (bicyclic) bond motifs is 6. The largest absolute Gasteiger partial charge is 0.569 e. The van der Waals surface area contributed by atoms with Gasteiger partial charge in [0.25, 0.3) is 0 Å². The minimum atomic E-state index is -0.0293. The van der Waals surface area contributed by atoms with E-state index in [-0.39, 0.29) is 5.41 Å². The predicted molar refractivity (Wildman–Crippen MR) is 125 cm³/mol. The summed E-state index contributed by atoms with van der Waals surface area (Å²) in [5.74, 6) is 0.494. The molecule has 0 saturated heterocycles. The smallest absolute Gasteiger partial charge is 0.535 e. The van der Waals surface area contributed by atoms with Crippen LogP contribution in [-0.2, 0) is 5.41 Å². The van der Waals surface area contributed by atoms with Crippen LogP contribution in [-0.4, -0.2) is 12.7 Å². The first kappa shape index (κ1) is 18.3. The fraction of sp³-hybridized carbons (Fsp3) is 0.111. The number of benzene rings is 4. The van der Waals surface area contributed by atoms with E-state index < -0.39 is 0 Å². The lowest BCUT2D eigenvalue weighted by molar-refractivity contribution is 0.451. The number of furan rings is 1. The summed E-state index contributed by atoms with van der Waals surface area (Å²) < 4.78 is 11.4. The van der Waals surface area contributed by atoms with E-state index in [1.807, 2.05) is 12.1 Å². The molecule has 0 bridgehead atoms. The number of rotatable bonds is 3. The highest BCUT2D eigenvalue weighted by Crippen LogP contribution is 2.52. The van der Waals surface area contributed by atoms with Gasteiger partial charge >= 0.3 is 7.69 Å². The molecule has 3 nitrogen and oxygen atoms in total. The third-order valence-corrected chi connectivity index (χ3v) is 6.56. The van der Waals surface area contributed by atoms with Gasteiger partial charge < -0.3 is 14.1 Å². The van der Waals surface area contributed by atoms with Crippen molar-refractivity contribution in [2.24, 2.45) is 0 Å². The Labute approximate surface area is 181 Å². The van der Waals surface area contributed by atoms with Gasteiger partial charge in [0, 0.05) is 16.2 Å². The Bertz CT molecular complexity index is 1480. The van der Waals surface area contributed by atoms with Crippen LogP contribution >= 0.6 is 0 Å². The molecule has 1 aliphatic rings. The number of hydrogen-bond acceptors (Lipinski definition) is 3. The molecule has 4 aromatic carbocycles. The highest BCUT2D eigenvalue weighted by atomic mass is 16.5. The molecule has 0 saturated carbocycles. The summed E-state index contributed by atoms with van der Waals surface area (Å²) in [6.45, 7) is 4.59. The zero-order chi connectivity index (χ0) is 21.2. The topological polar surface area (TPSA) is 42.6 Å². The van der Waals surface area contributed by atoms with Gasteiger partial charge in [-0.3, -0.25) is 0 Å². The molecule has 0 aliphatic heterocycles. The molecule has 0 amide bonds. The van der Waals surface area contributed by atoms with Crippen molar-refractivity contribution in [1.82, 2.24) is 0 Å². The molecule has 31 heavy (non-hydrogen) atoms. The molecule has 0 unspecified atom stereocenters. The lowest BCUT2D eigenvalue weighted by Crippen LogP contribution is -2.14. The summed E-state index contributed by atoms with van der Waals surface area (Å²) in [4.78, 5) is 0. The molecular formula is C27H20BO3. The summed E-state index contributed by atoms with van der Waals surface area (Å²) in [5, 5.41) is 11.1. The summed E-state index contributed by atoms with van der Waals surface area (Å²) in [6, 6.07) is 27.3. The first-order valence-corrected chi connectivity index (χ1v) is 10.4. The van der Waals surface area contributed by atoms with Crippen LogP contribution in [0.15, 0.2) is 83.3 Å². The van der Waals surface area contributed by atoms with Gasteiger partial charge in [-0.25, -0.2) is 0 Å². The van der Waals surface area contributed by atoms with E-state index in [1.165, 1.54) is 27.8 Å². The van der Waals surface area contributed by atoms with E-state index in [9.17, 15) is 0 Å². The Morgan fingerprint density at radius 1 is 0.806 bits per heavy atom. The Morgan fingerprint density at radius 2 is 1.58 bits per heavy atom. The third kappa shape index (κ3) is 2.52. The number of para-hydroxylation sites is 1. The van der Waals surface area contributed by atoms with Crippen molar-refractivity contribution in [2.75, 3.05) is 0 Å². The maximum atomic E-state index is 9.07. The van der Waals surface area contributed by atoms with Crippen LogP contribution < -0.4 is 4.65 Å². The zero-order valence-corrected chi connectivity index (χ0v) is 17.3. The van der Waals surface area contributed by atoms with E-state index >= 15 is 0 Å². The molecular weight excluding hydrogens is 383 g/mol. The maximum Gasteiger partial charge on any atom is 0.569 e. The van der Waals surface area contributed by atoms with Crippen LogP contribution in [0.3, 0.4) is 0 Å². The second kappa shape index (κ2) is 6.50. The van der Waals surface area contributed by atoms with E-state index in [1.54, 1.807) is 6.07 Å². The zero-order valence-electron chi connectivity index (χ0n) is 17.3. The normalized spacial score (nSPS) is 13.9. The minimum absolute atomic E-state index is 0.0293. The van der Waals surface area contributed by atoms with Crippen molar-refractivity contribution in [2.45, 2.75) is 19.3 Å². The molecule has 1 aromatic heterocycles. The quantitative estimate of drug-likeness (QED) is 0.352. The lowest BCUT2D eigenvalue weighted by atomic mass is 9.82. The Hall–Kier alpha value is -3.50.